The molecular formula is C32H17F5N8S. The minimum absolute atomic E-state index is 0.138. The second-order valence-corrected chi connectivity index (χ2v) is 13.1. The van der Waals surface area contributed by atoms with Crippen LogP contribution in [0.25, 0.3) is 89.7 Å². The molecule has 0 spiro atoms. The Morgan fingerprint density at radius 1 is 0.413 bits per heavy atom. The average Bonchev–Trinajstić information content (AvgIpc) is 3.75. The Kier molecular flexibility index (Phi) is 4.79. The Morgan fingerprint density at radius 3 is 1.11 bits per heavy atom. The van der Waals surface area contributed by atoms with Gasteiger partial charge in [0.15, 0.2) is 34.6 Å². The van der Waals surface area contributed by atoms with Gasteiger partial charge in [-0.2, -0.15) is 3.97 Å². The number of nitrogens with one attached hydrogen (secondary N) is 1. The van der Waals surface area contributed by atoms with Crippen LogP contribution in [0.2, 0.25) is 0 Å². The molecule has 3 aromatic heterocycles. The van der Waals surface area contributed by atoms with Gasteiger partial charge in [0.2, 0.25) is 0 Å². The number of hydrogen-bond acceptors (Lipinski definition) is 6. The maximum Gasteiger partial charge on any atom is 0.371 e. The van der Waals surface area contributed by atoms with E-state index in [0.717, 1.165) is 0 Å². The number of benzene rings is 4. The predicted octanol–water partition coefficient (Wildman–Crippen LogP) is 9.40. The van der Waals surface area contributed by atoms with E-state index >= 15 is 19.4 Å². The van der Waals surface area contributed by atoms with Gasteiger partial charge in [0.05, 0.1) is 0 Å². The molecule has 14 heteroatoms. The van der Waals surface area contributed by atoms with Crippen LogP contribution in [0.3, 0.4) is 0 Å². The highest BCUT2D eigenvalue weighted by molar-refractivity contribution is 8.44. The van der Waals surface area contributed by atoms with Crippen molar-refractivity contribution in [1.29, 1.82) is 0 Å². The first-order valence-electron chi connectivity index (χ1n) is 13.9. The van der Waals surface area contributed by atoms with Crippen LogP contribution in [0.15, 0.2) is 97.1 Å². The lowest BCUT2D eigenvalue weighted by molar-refractivity contribution is 0.350. The number of aromatic amines is 1. The number of H-pyrrole nitrogens is 1. The largest absolute Gasteiger partial charge is 0.371 e. The summed E-state index contributed by atoms with van der Waals surface area (Å²) >= 11 is 0. The SMILES string of the molecule is FS(F)(F)(F)(F)n1c2nc3nc(nc4[nH]c(nc5nc(nc1c1ccccc12)-c1ccccc1-5)c1ccccc41)-c1ccccc1-3. The van der Waals surface area contributed by atoms with Crippen molar-refractivity contribution in [3.8, 4) is 45.6 Å². The second-order valence-electron chi connectivity index (χ2n) is 10.8. The molecule has 0 saturated heterocycles. The van der Waals surface area contributed by atoms with Crippen molar-refractivity contribution in [2.45, 2.75) is 0 Å². The third-order valence-electron chi connectivity index (χ3n) is 7.91. The fraction of sp³-hybridized carbons (Fsp3) is 0. The topological polar surface area (TPSA) is 98.1 Å². The molecule has 0 fully saturated rings. The van der Waals surface area contributed by atoms with Gasteiger partial charge < -0.3 is 4.98 Å². The number of nitrogens with zero attached hydrogens (tertiary/aromatic N) is 7. The molecule has 2 aliphatic heterocycles. The van der Waals surface area contributed by atoms with Crippen molar-refractivity contribution in [2.75, 3.05) is 0 Å². The normalized spacial score (nSPS) is 14.1. The summed E-state index contributed by atoms with van der Waals surface area (Å²) < 4.78 is 74.8. The van der Waals surface area contributed by atoms with Gasteiger partial charge in [-0.05, 0) is 0 Å². The average molecular weight is 641 g/mol. The maximum absolute atomic E-state index is 15.2. The molecule has 0 unspecified atom stereocenters. The summed E-state index contributed by atoms with van der Waals surface area (Å²) in [6.45, 7) is 0. The van der Waals surface area contributed by atoms with Gasteiger partial charge in [-0.3, -0.25) is 0 Å². The molecule has 9 rings (SSSR count). The molecule has 2 aliphatic rings. The highest BCUT2D eigenvalue weighted by Crippen LogP contribution is 2.98. The fourth-order valence-corrected chi connectivity index (χ4v) is 6.92. The molecule has 0 aliphatic carbocycles. The molecule has 5 heterocycles. The number of aromatic nitrogens is 8. The predicted molar refractivity (Wildman–Crippen MR) is 168 cm³/mol. The van der Waals surface area contributed by atoms with Crippen molar-refractivity contribution in [3.05, 3.63) is 97.1 Å². The maximum atomic E-state index is 15.2. The van der Waals surface area contributed by atoms with E-state index in [-0.39, 0.29) is 34.1 Å². The van der Waals surface area contributed by atoms with Crippen LogP contribution in [-0.4, -0.2) is 38.9 Å². The van der Waals surface area contributed by atoms with E-state index in [2.05, 4.69) is 24.9 Å². The highest BCUT2D eigenvalue weighted by Gasteiger charge is 2.67. The van der Waals surface area contributed by atoms with Crippen molar-refractivity contribution >= 4 is 54.5 Å². The molecule has 0 radical (unpaired) electrons. The first-order valence-corrected chi connectivity index (χ1v) is 15.8. The van der Waals surface area contributed by atoms with Crippen molar-refractivity contribution in [2.24, 2.45) is 0 Å². The number of hydrogen-bond donors (Lipinski definition) is 1. The molecule has 8 bridgehead atoms. The van der Waals surface area contributed by atoms with Crippen LogP contribution >= 0.6 is 10.4 Å². The molecule has 0 atom stereocenters. The van der Waals surface area contributed by atoms with Gasteiger partial charge in [0, 0.05) is 43.8 Å². The molecule has 46 heavy (non-hydrogen) atoms. The van der Waals surface area contributed by atoms with Gasteiger partial charge in [-0.25, -0.2) is 29.9 Å². The van der Waals surface area contributed by atoms with Crippen LogP contribution in [0.4, 0.5) is 19.4 Å². The monoisotopic (exact) mass is 640 g/mol. The zero-order chi connectivity index (χ0) is 31.5. The number of fused-ring (bicyclic) bond motifs is 20. The summed E-state index contributed by atoms with van der Waals surface area (Å²) in [5, 5.41) is 1.04. The third kappa shape index (κ3) is 3.92. The van der Waals surface area contributed by atoms with E-state index in [1.54, 1.807) is 48.5 Å². The number of halogens is 5. The summed E-state index contributed by atoms with van der Waals surface area (Å²) in [6, 6.07) is 26.2. The summed E-state index contributed by atoms with van der Waals surface area (Å²) in [6.07, 6.45) is 0. The Hall–Kier alpha value is -5.76. The van der Waals surface area contributed by atoms with E-state index in [1.807, 2.05) is 24.3 Å². The lowest BCUT2D eigenvalue weighted by Gasteiger charge is -2.41. The van der Waals surface area contributed by atoms with Gasteiger partial charge >= 0.3 is 10.4 Å². The molecule has 1 N–H and O–H groups in total. The fourth-order valence-electron chi connectivity index (χ4n) is 5.99. The van der Waals surface area contributed by atoms with E-state index in [0.29, 0.717) is 44.3 Å². The Bertz CT molecular complexity index is 2490. The molecule has 8 nitrogen and oxygen atoms in total. The van der Waals surface area contributed by atoms with E-state index < -0.39 is 25.7 Å². The Labute approximate surface area is 255 Å². The first kappa shape index (κ1) is 26.6. The third-order valence-corrected chi connectivity index (χ3v) is 8.95. The molecule has 0 saturated carbocycles. The van der Waals surface area contributed by atoms with E-state index in [4.69, 9.17) is 9.97 Å². The molecule has 4 aromatic carbocycles. The van der Waals surface area contributed by atoms with Gasteiger partial charge in [-0.1, -0.05) is 116 Å². The van der Waals surface area contributed by atoms with Crippen LogP contribution in [-0.2, 0) is 0 Å². The summed E-state index contributed by atoms with van der Waals surface area (Å²) in [5.41, 5.74) is 0.270. The minimum Gasteiger partial charge on any atom is -0.324 e. The van der Waals surface area contributed by atoms with Crippen LogP contribution in [0.5, 0.6) is 0 Å². The molecule has 0 amide bonds. The first-order chi connectivity index (χ1) is 21.9. The quantitative estimate of drug-likeness (QED) is 0.180. The molecular weight excluding hydrogens is 623 g/mol. The zero-order valence-corrected chi connectivity index (χ0v) is 24.0. The van der Waals surface area contributed by atoms with Gasteiger partial charge in [0.1, 0.15) is 11.3 Å². The Morgan fingerprint density at radius 2 is 0.739 bits per heavy atom. The van der Waals surface area contributed by atoms with E-state index in [1.165, 1.54) is 24.3 Å². The van der Waals surface area contributed by atoms with Crippen molar-refractivity contribution in [3.63, 3.8) is 0 Å². The standard InChI is InChI=1S/C32H17F5N8S/c33-46(34,35,36,37)45-31-23-15-7-8-16-24(23)32(45)44-30-22-14-6-4-12-20(22)28(42-30)40-26-18-10-2-1-9-17(18)25(38-26)39-27-19-11-3-5-13-21(19)29(41-27)43-31/h1-16H,(H,38,39,40,41,42,43,44). The lowest BCUT2D eigenvalue weighted by atomic mass is 10.1. The van der Waals surface area contributed by atoms with Crippen LogP contribution < -0.4 is 0 Å². The summed E-state index contributed by atoms with van der Waals surface area (Å²) in [5.74, 6) is -0.142. The Balaban J connectivity index is 1.59. The smallest absolute Gasteiger partial charge is 0.324 e. The van der Waals surface area contributed by atoms with Gasteiger partial charge in [-0.15, -0.1) is 0 Å². The zero-order valence-electron chi connectivity index (χ0n) is 23.2. The second kappa shape index (κ2) is 8.28. The molecule has 7 aromatic rings. The van der Waals surface area contributed by atoms with Gasteiger partial charge in [0.25, 0.3) is 0 Å². The summed E-state index contributed by atoms with van der Waals surface area (Å²) in [4.78, 5) is 30.2. The van der Waals surface area contributed by atoms with Crippen molar-refractivity contribution in [1.82, 2.24) is 38.9 Å². The molecule has 226 valence electrons. The van der Waals surface area contributed by atoms with Crippen LogP contribution in [0.1, 0.15) is 0 Å². The lowest BCUT2D eigenvalue weighted by Crippen LogP contribution is -2.18. The summed E-state index contributed by atoms with van der Waals surface area (Å²) in [7, 11) is -10.5. The minimum atomic E-state index is -10.5. The van der Waals surface area contributed by atoms with Crippen LogP contribution in [0, 0.1) is 0 Å². The highest BCUT2D eigenvalue weighted by atomic mass is 32.5. The van der Waals surface area contributed by atoms with E-state index in [9.17, 15) is 0 Å². The number of rotatable bonds is 1. The van der Waals surface area contributed by atoms with Crippen molar-refractivity contribution < 1.29 is 19.4 Å².